The third-order valence-corrected chi connectivity index (χ3v) is 2.46. The lowest BCUT2D eigenvalue weighted by atomic mass is 9.83. The maximum atomic E-state index is 7.06. The Morgan fingerprint density at radius 2 is 1.90 bits per heavy atom. The molecule has 0 heterocycles. The van der Waals surface area contributed by atoms with Crippen molar-refractivity contribution in [2.24, 2.45) is 17.6 Å². The van der Waals surface area contributed by atoms with Crippen LogP contribution in [-0.2, 0) is 0 Å². The lowest BCUT2D eigenvalue weighted by Crippen LogP contribution is -2.21. The van der Waals surface area contributed by atoms with Gasteiger partial charge in [-0.1, -0.05) is 0 Å². The predicted octanol–water partition coefficient (Wildman–Crippen LogP) is 1.40. The van der Waals surface area contributed by atoms with Gasteiger partial charge in [0.05, 0.1) is 0 Å². The SMILES string of the molecule is N=CC1CCC(CN)CC1. The Kier molecular flexibility index (Phi) is 2.87. The molecule has 2 nitrogen and oxygen atoms in total. The molecule has 0 bridgehead atoms. The van der Waals surface area contributed by atoms with E-state index >= 15 is 0 Å². The van der Waals surface area contributed by atoms with Gasteiger partial charge in [0.15, 0.2) is 0 Å². The van der Waals surface area contributed by atoms with Gasteiger partial charge in [-0.2, -0.15) is 0 Å². The average Bonchev–Trinajstić information content (AvgIpc) is 2.05. The van der Waals surface area contributed by atoms with E-state index in [0.29, 0.717) is 5.92 Å². The molecule has 1 aliphatic rings. The fourth-order valence-electron chi connectivity index (χ4n) is 1.59. The molecule has 58 valence electrons. The molecule has 10 heavy (non-hydrogen) atoms. The molecule has 3 N–H and O–H groups in total. The normalized spacial score (nSPS) is 33.7. The minimum Gasteiger partial charge on any atom is -0.330 e. The van der Waals surface area contributed by atoms with Crippen LogP contribution in [0.15, 0.2) is 0 Å². The third kappa shape index (κ3) is 1.81. The van der Waals surface area contributed by atoms with E-state index in [1.807, 2.05) is 0 Å². The molecule has 1 aliphatic carbocycles. The molecule has 2 heteroatoms. The summed E-state index contributed by atoms with van der Waals surface area (Å²) in [5, 5.41) is 7.06. The molecule has 0 aliphatic heterocycles. The van der Waals surface area contributed by atoms with Crippen LogP contribution in [0.3, 0.4) is 0 Å². The van der Waals surface area contributed by atoms with Gasteiger partial charge in [0.2, 0.25) is 0 Å². The summed E-state index contributed by atoms with van der Waals surface area (Å²) in [6.07, 6.45) is 6.43. The summed E-state index contributed by atoms with van der Waals surface area (Å²) in [7, 11) is 0. The van der Waals surface area contributed by atoms with Crippen molar-refractivity contribution in [2.75, 3.05) is 6.54 Å². The van der Waals surface area contributed by atoms with Crippen molar-refractivity contribution in [3.8, 4) is 0 Å². The van der Waals surface area contributed by atoms with Crippen LogP contribution < -0.4 is 5.73 Å². The molecule has 0 radical (unpaired) electrons. The first-order valence-corrected chi connectivity index (χ1v) is 4.07. The van der Waals surface area contributed by atoms with Crippen molar-refractivity contribution < 1.29 is 0 Å². The van der Waals surface area contributed by atoms with E-state index in [0.717, 1.165) is 12.5 Å². The van der Waals surface area contributed by atoms with Crippen LogP contribution in [0, 0.1) is 17.2 Å². The Hall–Kier alpha value is -0.370. The minimum atomic E-state index is 0.558. The zero-order valence-corrected chi connectivity index (χ0v) is 6.34. The highest BCUT2D eigenvalue weighted by Gasteiger charge is 2.17. The maximum absolute atomic E-state index is 7.06. The summed E-state index contributed by atoms with van der Waals surface area (Å²) in [6.45, 7) is 0.838. The lowest BCUT2D eigenvalue weighted by molar-refractivity contribution is 0.331. The van der Waals surface area contributed by atoms with Gasteiger partial charge in [0.25, 0.3) is 0 Å². The zero-order chi connectivity index (χ0) is 7.40. The number of nitrogens with two attached hydrogens (primary N) is 1. The summed E-state index contributed by atoms with van der Waals surface area (Å²) < 4.78 is 0. The van der Waals surface area contributed by atoms with E-state index in [9.17, 15) is 0 Å². The van der Waals surface area contributed by atoms with Crippen molar-refractivity contribution in [2.45, 2.75) is 25.7 Å². The quantitative estimate of drug-likeness (QED) is 0.560. The van der Waals surface area contributed by atoms with Gasteiger partial charge < -0.3 is 11.1 Å². The highest BCUT2D eigenvalue weighted by Crippen LogP contribution is 2.26. The Morgan fingerprint density at radius 3 is 2.30 bits per heavy atom. The predicted molar refractivity (Wildman–Crippen MR) is 43.3 cm³/mol. The number of rotatable bonds is 2. The topological polar surface area (TPSA) is 49.9 Å². The largest absolute Gasteiger partial charge is 0.330 e. The Morgan fingerprint density at radius 1 is 1.30 bits per heavy atom. The van der Waals surface area contributed by atoms with Crippen molar-refractivity contribution in [3.05, 3.63) is 0 Å². The zero-order valence-electron chi connectivity index (χ0n) is 6.34. The van der Waals surface area contributed by atoms with Gasteiger partial charge in [-0.3, -0.25) is 0 Å². The second-order valence-electron chi connectivity index (χ2n) is 3.18. The number of hydrogen-bond acceptors (Lipinski definition) is 2. The van der Waals surface area contributed by atoms with E-state index in [2.05, 4.69) is 0 Å². The van der Waals surface area contributed by atoms with Crippen LogP contribution in [0.5, 0.6) is 0 Å². The summed E-state index contributed by atoms with van der Waals surface area (Å²) in [5.74, 6) is 1.30. The van der Waals surface area contributed by atoms with Crippen LogP contribution in [0.25, 0.3) is 0 Å². The van der Waals surface area contributed by atoms with Crippen molar-refractivity contribution in [3.63, 3.8) is 0 Å². The maximum Gasteiger partial charge on any atom is -0.00167 e. The molecule has 0 spiro atoms. The molecule has 1 fully saturated rings. The van der Waals surface area contributed by atoms with Crippen LogP contribution in [0.4, 0.5) is 0 Å². The first-order valence-electron chi connectivity index (χ1n) is 4.07. The second kappa shape index (κ2) is 3.71. The second-order valence-corrected chi connectivity index (χ2v) is 3.18. The molecule has 0 atom stereocenters. The highest BCUT2D eigenvalue weighted by atomic mass is 14.5. The van der Waals surface area contributed by atoms with Crippen LogP contribution >= 0.6 is 0 Å². The molecule has 0 unspecified atom stereocenters. The van der Waals surface area contributed by atoms with E-state index in [-0.39, 0.29) is 0 Å². The smallest absolute Gasteiger partial charge is 0.00167 e. The summed E-state index contributed by atoms with van der Waals surface area (Å²) in [4.78, 5) is 0. The fourth-order valence-corrected chi connectivity index (χ4v) is 1.59. The first kappa shape index (κ1) is 7.73. The standard InChI is InChI=1S/C8H16N2/c9-5-7-1-2-8(6-10)4-3-7/h5,7-9H,1-4,6,10H2. The van der Waals surface area contributed by atoms with Crippen molar-refractivity contribution >= 4 is 6.21 Å². The Balaban J connectivity index is 2.23. The van der Waals surface area contributed by atoms with E-state index in [1.54, 1.807) is 6.21 Å². The molecule has 0 amide bonds. The van der Waals surface area contributed by atoms with Gasteiger partial charge in [0, 0.05) is 0 Å². The number of nitrogens with one attached hydrogen (secondary N) is 1. The lowest BCUT2D eigenvalue weighted by Gasteiger charge is -2.24. The van der Waals surface area contributed by atoms with Crippen LogP contribution in [0.2, 0.25) is 0 Å². The molecular weight excluding hydrogens is 124 g/mol. The van der Waals surface area contributed by atoms with Gasteiger partial charge in [0.1, 0.15) is 0 Å². The number of hydrogen-bond donors (Lipinski definition) is 2. The fraction of sp³-hybridized carbons (Fsp3) is 0.875. The van der Waals surface area contributed by atoms with Gasteiger partial charge >= 0.3 is 0 Å². The Labute approximate surface area is 62.3 Å². The molecule has 0 aromatic rings. The Bertz CT molecular complexity index is 104. The van der Waals surface area contributed by atoms with Crippen LogP contribution in [-0.4, -0.2) is 12.8 Å². The summed E-state index contributed by atoms with van der Waals surface area (Å²) >= 11 is 0. The first-order chi connectivity index (χ1) is 4.86. The van der Waals surface area contributed by atoms with E-state index < -0.39 is 0 Å². The van der Waals surface area contributed by atoms with Crippen molar-refractivity contribution in [1.29, 1.82) is 5.41 Å². The van der Waals surface area contributed by atoms with Crippen LogP contribution in [0.1, 0.15) is 25.7 Å². The van der Waals surface area contributed by atoms with Gasteiger partial charge in [-0.25, -0.2) is 0 Å². The van der Waals surface area contributed by atoms with Gasteiger partial charge in [-0.05, 0) is 50.3 Å². The summed E-state index contributed by atoms with van der Waals surface area (Å²) in [5.41, 5.74) is 5.53. The molecule has 0 aromatic heterocycles. The monoisotopic (exact) mass is 140 g/mol. The molecular formula is C8H16N2. The average molecular weight is 140 g/mol. The molecule has 0 saturated heterocycles. The van der Waals surface area contributed by atoms with E-state index in [1.165, 1.54) is 25.7 Å². The van der Waals surface area contributed by atoms with E-state index in [4.69, 9.17) is 11.1 Å². The summed E-state index contributed by atoms with van der Waals surface area (Å²) in [6, 6.07) is 0. The third-order valence-electron chi connectivity index (χ3n) is 2.46. The minimum absolute atomic E-state index is 0.558. The van der Waals surface area contributed by atoms with Gasteiger partial charge in [-0.15, -0.1) is 0 Å². The van der Waals surface area contributed by atoms with Crippen molar-refractivity contribution in [1.82, 2.24) is 0 Å². The molecule has 1 rings (SSSR count). The molecule has 1 saturated carbocycles. The highest BCUT2D eigenvalue weighted by molar-refractivity contribution is 5.56. The molecule has 0 aromatic carbocycles.